The van der Waals surface area contributed by atoms with E-state index in [1.165, 1.54) is 68.9 Å². The third kappa shape index (κ3) is 7.50. The van der Waals surface area contributed by atoms with Crippen LogP contribution in [-0.2, 0) is 12.8 Å². The summed E-state index contributed by atoms with van der Waals surface area (Å²) in [7, 11) is 0. The molecule has 0 spiro atoms. The highest BCUT2D eigenvalue weighted by Gasteiger charge is 2.09. The van der Waals surface area contributed by atoms with E-state index in [-0.39, 0.29) is 0 Å². The van der Waals surface area contributed by atoms with Crippen LogP contribution >= 0.6 is 0 Å². The highest BCUT2D eigenvalue weighted by atomic mass is 14.1. The molecule has 1 atom stereocenters. The summed E-state index contributed by atoms with van der Waals surface area (Å²) in [5.41, 5.74) is 3.00. The molecule has 0 heterocycles. The molecular weight excluding hydrogens is 276 g/mol. The van der Waals surface area contributed by atoms with E-state index in [1.807, 2.05) is 0 Å². The summed E-state index contributed by atoms with van der Waals surface area (Å²) in [6.45, 7) is 2.30. The van der Waals surface area contributed by atoms with Gasteiger partial charge in [0.25, 0.3) is 0 Å². The Morgan fingerprint density at radius 1 is 0.652 bits per heavy atom. The summed E-state index contributed by atoms with van der Waals surface area (Å²) in [6, 6.07) is 21.9. The summed E-state index contributed by atoms with van der Waals surface area (Å²) >= 11 is 0. The van der Waals surface area contributed by atoms with Gasteiger partial charge in [0, 0.05) is 0 Å². The van der Waals surface area contributed by atoms with Crippen molar-refractivity contribution in [1.29, 1.82) is 0 Å². The van der Waals surface area contributed by atoms with Gasteiger partial charge in [-0.2, -0.15) is 0 Å². The largest absolute Gasteiger partial charge is 0.0654 e. The second kappa shape index (κ2) is 11.0. The van der Waals surface area contributed by atoms with Crippen LogP contribution in [0.3, 0.4) is 0 Å². The van der Waals surface area contributed by atoms with Crippen molar-refractivity contribution in [3.8, 4) is 0 Å². The molecule has 0 radical (unpaired) electrons. The van der Waals surface area contributed by atoms with Gasteiger partial charge < -0.3 is 0 Å². The van der Waals surface area contributed by atoms with Crippen molar-refractivity contribution < 1.29 is 0 Å². The van der Waals surface area contributed by atoms with Crippen LogP contribution in [0.15, 0.2) is 60.7 Å². The normalized spacial score (nSPS) is 12.2. The Morgan fingerprint density at radius 3 is 1.91 bits per heavy atom. The first kappa shape index (κ1) is 17.8. The lowest BCUT2D eigenvalue weighted by atomic mass is 9.89. The Balaban J connectivity index is 1.68. The second-order valence-electron chi connectivity index (χ2n) is 6.78. The van der Waals surface area contributed by atoms with E-state index < -0.39 is 0 Å². The third-order valence-electron chi connectivity index (χ3n) is 4.75. The van der Waals surface area contributed by atoms with Gasteiger partial charge in [0.05, 0.1) is 0 Å². The van der Waals surface area contributed by atoms with Crippen LogP contribution in [-0.4, -0.2) is 0 Å². The number of unbranched alkanes of at least 4 members (excludes halogenated alkanes) is 3. The molecule has 2 rings (SSSR count). The summed E-state index contributed by atoms with van der Waals surface area (Å²) in [6.07, 6.45) is 12.1. The van der Waals surface area contributed by atoms with E-state index in [1.54, 1.807) is 0 Å². The van der Waals surface area contributed by atoms with Crippen molar-refractivity contribution in [3.05, 3.63) is 71.8 Å². The first-order valence-electron chi connectivity index (χ1n) is 9.46. The number of hydrogen-bond donors (Lipinski definition) is 0. The standard InChI is InChI=1S/C23H32/c1-2-3-13-22(20-23-18-11-6-12-19-23)17-10-5-9-16-21-14-7-4-8-15-21/h4,6-8,11-12,14-15,18-19,22H,2-3,5,9-10,13,16-17,20H2,1H3. The minimum atomic E-state index is 0.870. The molecule has 0 saturated carbocycles. The lowest BCUT2D eigenvalue weighted by Crippen LogP contribution is -2.05. The zero-order valence-electron chi connectivity index (χ0n) is 14.7. The van der Waals surface area contributed by atoms with Crippen LogP contribution in [0.25, 0.3) is 0 Å². The predicted octanol–water partition coefficient (Wildman–Crippen LogP) is 6.84. The maximum absolute atomic E-state index is 2.30. The van der Waals surface area contributed by atoms with E-state index in [4.69, 9.17) is 0 Å². The van der Waals surface area contributed by atoms with Crippen molar-refractivity contribution in [3.63, 3.8) is 0 Å². The van der Waals surface area contributed by atoms with Gasteiger partial charge in [0.15, 0.2) is 0 Å². The topological polar surface area (TPSA) is 0 Å². The summed E-state index contributed by atoms with van der Waals surface area (Å²) in [4.78, 5) is 0. The van der Waals surface area contributed by atoms with Gasteiger partial charge in [0.2, 0.25) is 0 Å². The van der Waals surface area contributed by atoms with E-state index in [0.29, 0.717) is 0 Å². The molecule has 0 nitrogen and oxygen atoms in total. The van der Waals surface area contributed by atoms with Gasteiger partial charge >= 0.3 is 0 Å². The maximum atomic E-state index is 2.30. The van der Waals surface area contributed by atoms with Crippen LogP contribution in [0.1, 0.15) is 63.0 Å². The molecule has 2 aromatic rings. The molecule has 0 fully saturated rings. The van der Waals surface area contributed by atoms with Crippen LogP contribution in [0.2, 0.25) is 0 Å². The molecule has 1 unspecified atom stereocenters. The predicted molar refractivity (Wildman–Crippen MR) is 102 cm³/mol. The lowest BCUT2D eigenvalue weighted by Gasteiger charge is -2.17. The van der Waals surface area contributed by atoms with Gasteiger partial charge in [-0.15, -0.1) is 0 Å². The van der Waals surface area contributed by atoms with Crippen molar-refractivity contribution in [1.82, 2.24) is 0 Å². The first-order chi connectivity index (χ1) is 11.4. The fourth-order valence-corrected chi connectivity index (χ4v) is 3.37. The second-order valence-corrected chi connectivity index (χ2v) is 6.78. The highest BCUT2D eigenvalue weighted by molar-refractivity contribution is 5.15. The average molecular weight is 309 g/mol. The summed E-state index contributed by atoms with van der Waals surface area (Å²) in [5.74, 6) is 0.870. The fraction of sp³-hybridized carbons (Fsp3) is 0.478. The van der Waals surface area contributed by atoms with Gasteiger partial charge in [0.1, 0.15) is 0 Å². The molecule has 23 heavy (non-hydrogen) atoms. The van der Waals surface area contributed by atoms with Crippen LogP contribution in [0.5, 0.6) is 0 Å². The van der Waals surface area contributed by atoms with Crippen LogP contribution < -0.4 is 0 Å². The number of aryl methyl sites for hydroxylation is 1. The Kier molecular flexibility index (Phi) is 8.55. The molecule has 0 aliphatic heterocycles. The van der Waals surface area contributed by atoms with Crippen molar-refractivity contribution in [2.75, 3.05) is 0 Å². The highest BCUT2D eigenvalue weighted by Crippen LogP contribution is 2.22. The van der Waals surface area contributed by atoms with Gasteiger partial charge in [-0.1, -0.05) is 106 Å². The van der Waals surface area contributed by atoms with Gasteiger partial charge in [-0.25, -0.2) is 0 Å². The van der Waals surface area contributed by atoms with Crippen molar-refractivity contribution in [2.45, 2.75) is 64.7 Å². The molecule has 2 aromatic carbocycles. The SMILES string of the molecule is CCCCC(CCCCCc1ccccc1)Cc1ccccc1. The van der Waals surface area contributed by atoms with E-state index in [0.717, 1.165) is 5.92 Å². The summed E-state index contributed by atoms with van der Waals surface area (Å²) < 4.78 is 0. The summed E-state index contributed by atoms with van der Waals surface area (Å²) in [5, 5.41) is 0. The zero-order valence-corrected chi connectivity index (χ0v) is 14.7. The third-order valence-corrected chi connectivity index (χ3v) is 4.75. The molecule has 0 bridgehead atoms. The molecule has 0 amide bonds. The van der Waals surface area contributed by atoms with Gasteiger partial charge in [-0.05, 0) is 36.3 Å². The number of hydrogen-bond acceptors (Lipinski definition) is 0. The van der Waals surface area contributed by atoms with E-state index in [2.05, 4.69) is 67.6 Å². The van der Waals surface area contributed by atoms with Crippen LogP contribution in [0.4, 0.5) is 0 Å². The lowest BCUT2D eigenvalue weighted by molar-refractivity contribution is 0.411. The fourth-order valence-electron chi connectivity index (χ4n) is 3.37. The van der Waals surface area contributed by atoms with Gasteiger partial charge in [-0.3, -0.25) is 0 Å². The molecule has 0 aromatic heterocycles. The molecule has 124 valence electrons. The molecule has 0 heteroatoms. The van der Waals surface area contributed by atoms with Crippen LogP contribution in [0, 0.1) is 5.92 Å². The van der Waals surface area contributed by atoms with E-state index in [9.17, 15) is 0 Å². The van der Waals surface area contributed by atoms with Crippen molar-refractivity contribution in [2.24, 2.45) is 5.92 Å². The quantitative estimate of drug-likeness (QED) is 0.399. The molecule has 0 saturated heterocycles. The average Bonchev–Trinajstić information content (AvgIpc) is 2.61. The zero-order chi connectivity index (χ0) is 16.2. The number of benzene rings is 2. The Bertz CT molecular complexity index is 500. The monoisotopic (exact) mass is 308 g/mol. The Labute approximate surface area is 143 Å². The first-order valence-corrected chi connectivity index (χ1v) is 9.46. The Morgan fingerprint density at radius 2 is 1.26 bits per heavy atom. The van der Waals surface area contributed by atoms with E-state index >= 15 is 0 Å². The molecular formula is C23H32. The number of rotatable bonds is 11. The smallest absolute Gasteiger partial charge is 0.0250 e. The minimum Gasteiger partial charge on any atom is -0.0654 e. The minimum absolute atomic E-state index is 0.870. The molecule has 0 aliphatic carbocycles. The Hall–Kier alpha value is -1.56. The molecule has 0 N–H and O–H groups in total. The molecule has 0 aliphatic rings. The maximum Gasteiger partial charge on any atom is -0.0250 e. The van der Waals surface area contributed by atoms with Crippen molar-refractivity contribution >= 4 is 0 Å².